The quantitative estimate of drug-likeness (QED) is 0.249. The number of hydrogen-bond donors (Lipinski definition) is 0. The number of halogens is 1. The number of benzene rings is 3. The van der Waals surface area contributed by atoms with Crippen molar-refractivity contribution in [3.05, 3.63) is 92.8 Å². The first kappa shape index (κ1) is 25.9. The molecule has 0 N–H and O–H groups in total. The number of hydrogen-bond acceptors (Lipinski definition) is 6. The van der Waals surface area contributed by atoms with Gasteiger partial charge in [-0.2, -0.15) is 0 Å². The van der Waals surface area contributed by atoms with E-state index in [1.54, 1.807) is 6.08 Å². The highest BCUT2D eigenvalue weighted by molar-refractivity contribution is 9.10. The first-order valence-corrected chi connectivity index (χ1v) is 13.1. The third-order valence-electron chi connectivity index (χ3n) is 5.33. The number of carbonyl (C=O) groups excluding carboxylic acids is 2. The molecular formula is C28H26BrNO5S. The highest BCUT2D eigenvalue weighted by Gasteiger charge is 2.35. The van der Waals surface area contributed by atoms with Gasteiger partial charge in [0.1, 0.15) is 19.0 Å². The second-order valence-corrected chi connectivity index (χ2v) is 9.88. The highest BCUT2D eigenvalue weighted by atomic mass is 79.9. The molecule has 1 saturated heterocycles. The van der Waals surface area contributed by atoms with Crippen LogP contribution in [0.4, 0.5) is 4.79 Å². The van der Waals surface area contributed by atoms with Gasteiger partial charge < -0.3 is 14.2 Å². The van der Waals surface area contributed by atoms with E-state index in [9.17, 15) is 9.59 Å². The summed E-state index contributed by atoms with van der Waals surface area (Å²) in [5.41, 5.74) is 2.95. The normalized spacial score (nSPS) is 14.4. The predicted molar refractivity (Wildman–Crippen MR) is 145 cm³/mol. The van der Waals surface area contributed by atoms with Crippen LogP contribution in [0.5, 0.6) is 17.2 Å². The lowest BCUT2D eigenvalue weighted by molar-refractivity contribution is -0.123. The average Bonchev–Trinajstić information content (AvgIpc) is 3.13. The van der Waals surface area contributed by atoms with Crippen LogP contribution in [-0.4, -0.2) is 35.8 Å². The van der Waals surface area contributed by atoms with Gasteiger partial charge in [0, 0.05) is 0 Å². The van der Waals surface area contributed by atoms with Crippen LogP contribution in [0.1, 0.15) is 23.6 Å². The lowest BCUT2D eigenvalue weighted by atomic mass is 10.1. The lowest BCUT2D eigenvalue weighted by Gasteiger charge is -2.15. The summed E-state index contributed by atoms with van der Waals surface area (Å²) in [6, 6.07) is 21.1. The molecule has 0 radical (unpaired) electrons. The van der Waals surface area contributed by atoms with E-state index in [0.717, 1.165) is 22.9 Å². The zero-order valence-electron chi connectivity index (χ0n) is 20.0. The van der Waals surface area contributed by atoms with E-state index >= 15 is 0 Å². The molecule has 1 fully saturated rings. The molecule has 0 saturated carbocycles. The molecular weight excluding hydrogens is 542 g/mol. The van der Waals surface area contributed by atoms with E-state index in [1.807, 2.05) is 80.6 Å². The molecule has 3 aromatic carbocycles. The first-order chi connectivity index (χ1) is 17.4. The van der Waals surface area contributed by atoms with Gasteiger partial charge in [-0.25, -0.2) is 0 Å². The van der Waals surface area contributed by atoms with Gasteiger partial charge in [-0.05, 0) is 83.0 Å². The second-order valence-electron chi connectivity index (χ2n) is 8.03. The molecule has 2 amide bonds. The Morgan fingerprint density at radius 3 is 2.44 bits per heavy atom. The Bertz CT molecular complexity index is 1260. The Balaban J connectivity index is 1.46. The van der Waals surface area contributed by atoms with Gasteiger partial charge in [0.2, 0.25) is 0 Å². The molecule has 3 aromatic rings. The molecule has 0 unspecified atom stereocenters. The highest BCUT2D eigenvalue weighted by Crippen LogP contribution is 2.39. The molecule has 0 aliphatic carbocycles. The van der Waals surface area contributed by atoms with Gasteiger partial charge in [0.25, 0.3) is 11.1 Å². The first-order valence-electron chi connectivity index (χ1n) is 11.5. The van der Waals surface area contributed by atoms with Crippen molar-refractivity contribution in [1.29, 1.82) is 0 Å². The van der Waals surface area contributed by atoms with Gasteiger partial charge in [-0.3, -0.25) is 14.5 Å². The Kier molecular flexibility index (Phi) is 8.72. The number of para-hydroxylation sites is 1. The molecule has 0 bridgehead atoms. The molecule has 1 heterocycles. The van der Waals surface area contributed by atoms with Gasteiger partial charge in [-0.1, -0.05) is 48.0 Å². The third-order valence-corrected chi connectivity index (χ3v) is 6.83. The number of carbonyl (C=O) groups is 2. The maximum atomic E-state index is 12.9. The van der Waals surface area contributed by atoms with E-state index in [1.165, 1.54) is 10.5 Å². The Hall–Kier alpha value is -3.23. The maximum Gasteiger partial charge on any atom is 0.293 e. The summed E-state index contributed by atoms with van der Waals surface area (Å²) in [5, 5.41) is -0.315. The molecule has 6 nitrogen and oxygen atoms in total. The SMILES string of the molecule is CCOc1cc(/C=C2\SC(=O)N(CCOc3ccccc3)C2=O)cc(Br)c1OCc1ccc(C)cc1. The number of ether oxygens (including phenoxy) is 3. The topological polar surface area (TPSA) is 65.1 Å². The summed E-state index contributed by atoms with van der Waals surface area (Å²) in [5.74, 6) is 1.50. The number of imide groups is 1. The number of aryl methyl sites for hydroxylation is 1. The minimum absolute atomic E-state index is 0.177. The number of amides is 2. The van der Waals surface area contributed by atoms with Crippen LogP contribution >= 0.6 is 27.7 Å². The molecule has 1 aliphatic rings. The van der Waals surface area contributed by atoms with E-state index in [-0.39, 0.29) is 24.3 Å². The minimum atomic E-state index is -0.338. The van der Waals surface area contributed by atoms with Crippen LogP contribution in [0.25, 0.3) is 6.08 Å². The largest absolute Gasteiger partial charge is 0.492 e. The minimum Gasteiger partial charge on any atom is -0.492 e. The summed E-state index contributed by atoms with van der Waals surface area (Å²) >= 11 is 4.49. The Morgan fingerprint density at radius 2 is 1.72 bits per heavy atom. The van der Waals surface area contributed by atoms with Crippen molar-refractivity contribution in [3.63, 3.8) is 0 Å². The van der Waals surface area contributed by atoms with E-state index in [4.69, 9.17) is 14.2 Å². The molecule has 4 rings (SSSR count). The van der Waals surface area contributed by atoms with Crippen LogP contribution in [0.15, 0.2) is 76.1 Å². The zero-order chi connectivity index (χ0) is 25.5. The summed E-state index contributed by atoms with van der Waals surface area (Å²) in [7, 11) is 0. The summed E-state index contributed by atoms with van der Waals surface area (Å²) in [4.78, 5) is 26.9. The van der Waals surface area contributed by atoms with Gasteiger partial charge >= 0.3 is 0 Å². The van der Waals surface area contributed by atoms with Crippen LogP contribution < -0.4 is 14.2 Å². The standard InChI is InChI=1S/C28H26BrNO5S/c1-3-33-24-16-21(15-23(29)26(24)35-18-20-11-9-19(2)10-12-20)17-25-27(31)30(28(32)36-25)13-14-34-22-7-5-4-6-8-22/h4-12,15-17H,3,13-14,18H2,1-2H3/b25-17-. The van der Waals surface area contributed by atoms with E-state index in [2.05, 4.69) is 15.9 Å². The number of thioether (sulfide) groups is 1. The molecule has 0 spiro atoms. The number of nitrogens with zero attached hydrogens (tertiary/aromatic N) is 1. The Labute approximate surface area is 223 Å². The predicted octanol–water partition coefficient (Wildman–Crippen LogP) is 6.85. The molecule has 8 heteroatoms. The van der Waals surface area contributed by atoms with E-state index < -0.39 is 0 Å². The lowest BCUT2D eigenvalue weighted by Crippen LogP contribution is -2.32. The molecule has 0 aromatic heterocycles. The maximum absolute atomic E-state index is 12.9. The van der Waals surface area contributed by atoms with Crippen molar-refractivity contribution < 1.29 is 23.8 Å². The summed E-state index contributed by atoms with van der Waals surface area (Å²) in [6.07, 6.45) is 1.69. The Morgan fingerprint density at radius 1 is 0.972 bits per heavy atom. The molecule has 186 valence electrons. The van der Waals surface area contributed by atoms with Crippen molar-refractivity contribution in [2.24, 2.45) is 0 Å². The number of rotatable bonds is 10. The average molecular weight is 568 g/mol. The summed E-state index contributed by atoms with van der Waals surface area (Å²) in [6.45, 7) is 5.18. The fourth-order valence-corrected chi connectivity index (χ4v) is 4.97. The molecule has 36 heavy (non-hydrogen) atoms. The summed E-state index contributed by atoms with van der Waals surface area (Å²) < 4.78 is 18.2. The van der Waals surface area contributed by atoms with Crippen molar-refractivity contribution in [2.45, 2.75) is 20.5 Å². The van der Waals surface area contributed by atoms with Crippen molar-refractivity contribution >= 4 is 44.9 Å². The fourth-order valence-electron chi connectivity index (χ4n) is 3.53. The fraction of sp³-hybridized carbons (Fsp3) is 0.214. The molecule has 1 aliphatic heterocycles. The second kappa shape index (κ2) is 12.1. The third kappa shape index (κ3) is 6.50. The van der Waals surface area contributed by atoms with Gasteiger partial charge in [-0.15, -0.1) is 0 Å². The monoisotopic (exact) mass is 567 g/mol. The van der Waals surface area contributed by atoms with Gasteiger partial charge in [0.15, 0.2) is 11.5 Å². The van der Waals surface area contributed by atoms with Crippen molar-refractivity contribution in [3.8, 4) is 17.2 Å². The van der Waals surface area contributed by atoms with Crippen LogP contribution in [0.3, 0.4) is 0 Å². The van der Waals surface area contributed by atoms with Gasteiger partial charge in [0.05, 0.1) is 22.5 Å². The zero-order valence-corrected chi connectivity index (χ0v) is 22.4. The van der Waals surface area contributed by atoms with Crippen LogP contribution in [0, 0.1) is 6.92 Å². The van der Waals surface area contributed by atoms with Crippen molar-refractivity contribution in [1.82, 2.24) is 4.90 Å². The van der Waals surface area contributed by atoms with E-state index in [0.29, 0.717) is 39.8 Å². The van der Waals surface area contributed by atoms with Crippen LogP contribution in [0.2, 0.25) is 0 Å². The molecule has 0 atom stereocenters. The van der Waals surface area contributed by atoms with Crippen molar-refractivity contribution in [2.75, 3.05) is 19.8 Å². The smallest absolute Gasteiger partial charge is 0.293 e. The van der Waals surface area contributed by atoms with Crippen LogP contribution in [-0.2, 0) is 11.4 Å².